The normalized spacial score (nSPS) is 16.6. The Kier molecular flexibility index (Phi) is 5.46. The molecule has 0 atom stereocenters. The van der Waals surface area contributed by atoms with Gasteiger partial charge in [-0.25, -0.2) is 4.68 Å². The molecule has 1 aliphatic rings. The number of amides is 1. The summed E-state index contributed by atoms with van der Waals surface area (Å²) in [6, 6.07) is 6.47. The lowest BCUT2D eigenvalue weighted by atomic mass is 10.1. The Morgan fingerprint density at radius 2 is 2.22 bits per heavy atom. The molecule has 3 heterocycles. The number of hydrogen-bond donors (Lipinski definition) is 1. The Morgan fingerprint density at radius 3 is 2.96 bits per heavy atom. The molecule has 0 unspecified atom stereocenters. The molecule has 2 aromatic heterocycles. The highest BCUT2D eigenvalue weighted by Gasteiger charge is 2.21. The number of aromatic nitrogens is 2. The van der Waals surface area contributed by atoms with Crippen LogP contribution in [0.15, 0.2) is 29.8 Å². The van der Waals surface area contributed by atoms with Gasteiger partial charge in [-0.1, -0.05) is 6.07 Å². The first-order valence-electron chi connectivity index (χ1n) is 8.26. The van der Waals surface area contributed by atoms with Crippen LogP contribution in [-0.4, -0.2) is 40.7 Å². The second-order valence-electron chi connectivity index (χ2n) is 6.18. The number of nitrogens with one attached hydrogen (secondary N) is 1. The maximum atomic E-state index is 12.2. The minimum absolute atomic E-state index is 0.0798. The van der Waals surface area contributed by atoms with Gasteiger partial charge in [0, 0.05) is 17.4 Å². The number of hydrogen-bond acceptors (Lipinski definition) is 4. The van der Waals surface area contributed by atoms with Crippen LogP contribution in [0, 0.1) is 0 Å². The van der Waals surface area contributed by atoms with Gasteiger partial charge in [0.1, 0.15) is 5.82 Å². The van der Waals surface area contributed by atoms with Crippen molar-refractivity contribution in [2.45, 2.75) is 38.1 Å². The van der Waals surface area contributed by atoms with Gasteiger partial charge < -0.3 is 10.2 Å². The summed E-state index contributed by atoms with van der Waals surface area (Å²) < 4.78 is 1.99. The van der Waals surface area contributed by atoms with Gasteiger partial charge in [0.2, 0.25) is 5.91 Å². The summed E-state index contributed by atoms with van der Waals surface area (Å²) in [5.41, 5.74) is 0. The van der Waals surface area contributed by atoms with E-state index in [1.54, 1.807) is 17.5 Å². The van der Waals surface area contributed by atoms with E-state index in [2.05, 4.69) is 39.9 Å². The van der Waals surface area contributed by atoms with E-state index in [-0.39, 0.29) is 5.91 Å². The quantitative estimate of drug-likeness (QED) is 0.884. The van der Waals surface area contributed by atoms with Crippen molar-refractivity contribution in [3.05, 3.63) is 34.7 Å². The first-order valence-corrected chi connectivity index (χ1v) is 9.14. The summed E-state index contributed by atoms with van der Waals surface area (Å²) >= 11 is 1.75. The topological polar surface area (TPSA) is 50.2 Å². The molecule has 1 amide bonds. The lowest BCUT2D eigenvalue weighted by Crippen LogP contribution is -2.32. The van der Waals surface area contributed by atoms with Crippen molar-refractivity contribution in [3.8, 4) is 0 Å². The molecule has 3 rings (SSSR count). The van der Waals surface area contributed by atoms with Crippen molar-refractivity contribution in [2.24, 2.45) is 0 Å². The van der Waals surface area contributed by atoms with Gasteiger partial charge in [-0.2, -0.15) is 5.10 Å². The Bertz CT molecular complexity index is 614. The molecule has 6 heteroatoms. The van der Waals surface area contributed by atoms with Crippen molar-refractivity contribution in [3.63, 3.8) is 0 Å². The molecule has 23 heavy (non-hydrogen) atoms. The molecule has 0 aromatic carbocycles. The fraction of sp³-hybridized carbons (Fsp3) is 0.529. The molecule has 0 radical (unpaired) electrons. The van der Waals surface area contributed by atoms with Gasteiger partial charge in [0.15, 0.2) is 0 Å². The fourth-order valence-corrected chi connectivity index (χ4v) is 3.78. The molecule has 124 valence electrons. The number of thiophene rings is 1. The number of anilines is 1. The molecule has 0 saturated carbocycles. The average Bonchev–Trinajstić information content (AvgIpc) is 3.20. The zero-order valence-electron chi connectivity index (χ0n) is 13.6. The van der Waals surface area contributed by atoms with Crippen molar-refractivity contribution in [1.82, 2.24) is 14.7 Å². The molecule has 5 nitrogen and oxygen atoms in total. The van der Waals surface area contributed by atoms with E-state index in [0.29, 0.717) is 12.5 Å². The Hall–Kier alpha value is -1.66. The van der Waals surface area contributed by atoms with Crippen LogP contribution in [0.1, 0.15) is 36.6 Å². The van der Waals surface area contributed by atoms with Crippen molar-refractivity contribution in [1.29, 1.82) is 0 Å². The van der Waals surface area contributed by atoms with E-state index in [9.17, 15) is 4.79 Å². The molecule has 1 saturated heterocycles. The molecular formula is C17H24N4OS. The molecule has 1 aliphatic heterocycles. The summed E-state index contributed by atoms with van der Waals surface area (Å²) in [4.78, 5) is 15.8. The van der Waals surface area contributed by atoms with Gasteiger partial charge in [0.25, 0.3) is 0 Å². The number of rotatable bonds is 6. The fourth-order valence-electron chi connectivity index (χ4n) is 3.03. The standard InChI is InChI=1S/C17H24N4OS/c1-20-11-8-14(9-12-20)21-16(7-10-18-21)19-17(22)6-2-4-15-5-3-13-23-15/h3,5,7,10,13-14H,2,4,6,8-9,11-12H2,1H3,(H,19,22). The summed E-state index contributed by atoms with van der Waals surface area (Å²) in [5.74, 6) is 0.914. The number of likely N-dealkylation sites (tertiary alicyclic amines) is 1. The van der Waals surface area contributed by atoms with E-state index < -0.39 is 0 Å². The van der Waals surface area contributed by atoms with Gasteiger partial charge in [-0.15, -0.1) is 11.3 Å². The van der Waals surface area contributed by atoms with Crippen LogP contribution in [0.5, 0.6) is 0 Å². The SMILES string of the molecule is CN1CCC(n2nccc2NC(=O)CCCc2cccs2)CC1. The predicted molar refractivity (Wildman–Crippen MR) is 93.9 cm³/mol. The van der Waals surface area contributed by atoms with Crippen LogP contribution in [0.25, 0.3) is 0 Å². The third kappa shape index (κ3) is 4.42. The first-order chi connectivity index (χ1) is 11.2. The van der Waals surface area contributed by atoms with Crippen LogP contribution in [0.4, 0.5) is 5.82 Å². The molecular weight excluding hydrogens is 308 g/mol. The van der Waals surface area contributed by atoms with Crippen molar-refractivity contribution >= 4 is 23.1 Å². The highest BCUT2D eigenvalue weighted by molar-refractivity contribution is 7.09. The predicted octanol–water partition coefficient (Wildman–Crippen LogP) is 3.17. The van der Waals surface area contributed by atoms with E-state index in [4.69, 9.17) is 0 Å². The van der Waals surface area contributed by atoms with Crippen LogP contribution < -0.4 is 5.32 Å². The minimum Gasteiger partial charge on any atom is -0.311 e. The molecule has 1 N–H and O–H groups in total. The Labute approximate surface area is 141 Å². The first kappa shape index (κ1) is 16.2. The molecule has 0 aliphatic carbocycles. The third-order valence-corrected chi connectivity index (χ3v) is 5.32. The molecule has 2 aromatic rings. The Balaban J connectivity index is 1.49. The molecule has 0 bridgehead atoms. The summed E-state index contributed by atoms with van der Waals surface area (Å²) in [6.07, 6.45) is 6.35. The zero-order valence-corrected chi connectivity index (χ0v) is 14.4. The average molecular weight is 332 g/mol. The van der Waals surface area contributed by atoms with E-state index in [1.807, 2.05) is 10.7 Å². The molecule has 0 spiro atoms. The van der Waals surface area contributed by atoms with Gasteiger partial charge >= 0.3 is 0 Å². The number of carbonyl (C=O) groups excluding carboxylic acids is 1. The van der Waals surface area contributed by atoms with Gasteiger partial charge in [-0.05, 0) is 57.3 Å². The van der Waals surface area contributed by atoms with Gasteiger partial charge in [0.05, 0.1) is 12.2 Å². The lowest BCUT2D eigenvalue weighted by molar-refractivity contribution is -0.116. The zero-order chi connectivity index (χ0) is 16.1. The monoisotopic (exact) mass is 332 g/mol. The second-order valence-corrected chi connectivity index (χ2v) is 7.21. The van der Waals surface area contributed by atoms with Crippen molar-refractivity contribution < 1.29 is 4.79 Å². The maximum Gasteiger partial charge on any atom is 0.225 e. The second kappa shape index (κ2) is 7.75. The van der Waals surface area contributed by atoms with E-state index in [0.717, 1.165) is 44.6 Å². The smallest absolute Gasteiger partial charge is 0.225 e. The summed E-state index contributed by atoms with van der Waals surface area (Å²) in [7, 11) is 2.15. The van der Waals surface area contributed by atoms with E-state index in [1.165, 1.54) is 4.88 Å². The minimum atomic E-state index is 0.0798. The lowest BCUT2D eigenvalue weighted by Gasteiger charge is -2.30. The number of aryl methyl sites for hydroxylation is 1. The number of nitrogens with zero attached hydrogens (tertiary/aromatic N) is 3. The third-order valence-electron chi connectivity index (χ3n) is 4.38. The highest BCUT2D eigenvalue weighted by Crippen LogP contribution is 2.24. The highest BCUT2D eigenvalue weighted by atomic mass is 32.1. The maximum absolute atomic E-state index is 12.2. The number of carbonyl (C=O) groups is 1. The van der Waals surface area contributed by atoms with Crippen LogP contribution in [0.3, 0.4) is 0 Å². The van der Waals surface area contributed by atoms with Crippen molar-refractivity contribution in [2.75, 3.05) is 25.5 Å². The van der Waals surface area contributed by atoms with Crippen LogP contribution in [0.2, 0.25) is 0 Å². The van der Waals surface area contributed by atoms with Crippen LogP contribution >= 0.6 is 11.3 Å². The summed E-state index contributed by atoms with van der Waals surface area (Å²) in [5, 5.41) is 9.53. The van der Waals surface area contributed by atoms with E-state index >= 15 is 0 Å². The Morgan fingerprint density at radius 1 is 1.39 bits per heavy atom. The number of piperidine rings is 1. The molecule has 1 fully saturated rings. The van der Waals surface area contributed by atoms with Gasteiger partial charge in [-0.3, -0.25) is 4.79 Å². The van der Waals surface area contributed by atoms with Crippen LogP contribution in [-0.2, 0) is 11.2 Å². The largest absolute Gasteiger partial charge is 0.311 e. The summed E-state index contributed by atoms with van der Waals surface area (Å²) in [6.45, 7) is 2.16.